The molecule has 0 amide bonds. The molecule has 1 N–H and O–H groups in total. The molecule has 0 atom stereocenters. The molecule has 58 valence electrons. The number of nitrogens with one attached hydrogen (secondary N) is 1. The number of rotatable bonds is 3. The molecule has 2 nitrogen and oxygen atoms in total. The summed E-state index contributed by atoms with van der Waals surface area (Å²) in [6.45, 7) is 5.44. The predicted molar refractivity (Wildman–Crippen MR) is 46.7 cm³/mol. The average molecular weight is 148 g/mol. The van der Waals surface area contributed by atoms with E-state index in [9.17, 15) is 0 Å². The second kappa shape index (κ2) is 5.31. The summed E-state index contributed by atoms with van der Waals surface area (Å²) in [7, 11) is 1.85. The van der Waals surface area contributed by atoms with Crippen LogP contribution in [-0.4, -0.2) is 7.05 Å². The van der Waals surface area contributed by atoms with Gasteiger partial charge >= 0.3 is 0 Å². The van der Waals surface area contributed by atoms with E-state index in [1.807, 2.05) is 26.1 Å². The highest BCUT2D eigenvalue weighted by atomic mass is 14.8. The molecule has 0 aliphatic heterocycles. The van der Waals surface area contributed by atoms with Crippen molar-refractivity contribution in [2.24, 2.45) is 0 Å². The largest absolute Gasteiger partial charge is 0.392 e. The van der Waals surface area contributed by atoms with Crippen molar-refractivity contribution in [3.8, 4) is 6.07 Å². The maximum absolute atomic E-state index is 8.32. The van der Waals surface area contributed by atoms with Gasteiger partial charge in [-0.1, -0.05) is 12.7 Å². The molecule has 0 spiro atoms. The van der Waals surface area contributed by atoms with Gasteiger partial charge in [-0.2, -0.15) is 5.26 Å². The minimum absolute atomic E-state index is 0.463. The van der Waals surface area contributed by atoms with Crippen LogP contribution in [0.2, 0.25) is 0 Å². The first-order chi connectivity index (χ1) is 5.20. The summed E-state index contributed by atoms with van der Waals surface area (Å²) in [4.78, 5) is 0. The van der Waals surface area contributed by atoms with Gasteiger partial charge in [0.05, 0.1) is 6.07 Å². The van der Waals surface area contributed by atoms with Gasteiger partial charge in [-0.3, -0.25) is 0 Å². The standard InChI is InChI=1S/C9H12N2/c1-8(7-10)5-4-6-9(2)11-3/h4-6,11H,1H2,2-3H3/b5-4-,9-6+. The molecule has 0 unspecified atom stereocenters. The SMILES string of the molecule is C=C(C#N)/C=C\C=C(/C)NC. The number of allylic oxidation sites excluding steroid dienone is 5. The predicted octanol–water partition coefficient (Wildman–Crippen LogP) is 1.75. The van der Waals surface area contributed by atoms with Crippen LogP contribution >= 0.6 is 0 Å². The summed E-state index contributed by atoms with van der Waals surface area (Å²) in [6, 6.07) is 1.93. The molecule has 0 aliphatic rings. The molecule has 0 aliphatic carbocycles. The highest BCUT2D eigenvalue weighted by Crippen LogP contribution is 1.91. The van der Waals surface area contributed by atoms with E-state index in [1.165, 1.54) is 0 Å². The fourth-order valence-corrected chi connectivity index (χ4v) is 0.429. The lowest BCUT2D eigenvalue weighted by molar-refractivity contribution is 0.990. The fourth-order valence-electron chi connectivity index (χ4n) is 0.429. The molecule has 0 fully saturated rings. The Bertz CT molecular complexity index is 228. The van der Waals surface area contributed by atoms with Crippen LogP contribution in [0.4, 0.5) is 0 Å². The molecule has 0 heterocycles. The van der Waals surface area contributed by atoms with Crippen molar-refractivity contribution in [1.82, 2.24) is 5.32 Å². The molecule has 0 radical (unpaired) electrons. The minimum Gasteiger partial charge on any atom is -0.392 e. The molecular formula is C9H12N2. The number of nitrogens with zero attached hydrogens (tertiary/aromatic N) is 1. The van der Waals surface area contributed by atoms with Crippen LogP contribution in [0.15, 0.2) is 36.1 Å². The summed E-state index contributed by atoms with van der Waals surface area (Å²) in [5, 5.41) is 11.3. The van der Waals surface area contributed by atoms with Gasteiger partial charge in [0.2, 0.25) is 0 Å². The lowest BCUT2D eigenvalue weighted by Gasteiger charge is -1.93. The van der Waals surface area contributed by atoms with E-state index >= 15 is 0 Å². The minimum atomic E-state index is 0.463. The first-order valence-corrected chi connectivity index (χ1v) is 3.32. The molecule has 11 heavy (non-hydrogen) atoms. The third-order valence-corrected chi connectivity index (χ3v) is 1.18. The van der Waals surface area contributed by atoms with E-state index in [4.69, 9.17) is 5.26 Å². The molecule has 0 rings (SSSR count). The molecular weight excluding hydrogens is 136 g/mol. The van der Waals surface area contributed by atoms with Gasteiger partial charge in [0.1, 0.15) is 0 Å². The number of hydrogen-bond donors (Lipinski definition) is 1. The van der Waals surface area contributed by atoms with E-state index < -0.39 is 0 Å². The Morgan fingerprint density at radius 1 is 1.64 bits per heavy atom. The van der Waals surface area contributed by atoms with Gasteiger partial charge < -0.3 is 5.32 Å². The molecule has 0 saturated carbocycles. The van der Waals surface area contributed by atoms with Gasteiger partial charge in [-0.05, 0) is 19.1 Å². The van der Waals surface area contributed by atoms with Crippen LogP contribution in [0, 0.1) is 11.3 Å². The van der Waals surface area contributed by atoms with E-state index in [2.05, 4.69) is 11.9 Å². The van der Waals surface area contributed by atoms with Gasteiger partial charge in [0.15, 0.2) is 0 Å². The van der Waals surface area contributed by atoms with Gasteiger partial charge in [0.25, 0.3) is 0 Å². The van der Waals surface area contributed by atoms with Crippen LogP contribution in [0.1, 0.15) is 6.92 Å². The molecule has 0 saturated heterocycles. The van der Waals surface area contributed by atoms with Gasteiger partial charge in [-0.25, -0.2) is 0 Å². The van der Waals surface area contributed by atoms with Crippen molar-refractivity contribution >= 4 is 0 Å². The Kier molecular flexibility index (Phi) is 4.59. The van der Waals surface area contributed by atoms with E-state index in [1.54, 1.807) is 12.2 Å². The summed E-state index contributed by atoms with van der Waals surface area (Å²) in [6.07, 6.45) is 5.33. The van der Waals surface area contributed by atoms with E-state index in [0.29, 0.717) is 5.57 Å². The topological polar surface area (TPSA) is 35.8 Å². The third-order valence-electron chi connectivity index (χ3n) is 1.18. The maximum Gasteiger partial charge on any atom is 0.0985 e. The fraction of sp³-hybridized carbons (Fsp3) is 0.222. The normalized spacial score (nSPS) is 11.2. The quantitative estimate of drug-likeness (QED) is 0.489. The molecule has 0 aromatic rings. The summed E-state index contributed by atoms with van der Waals surface area (Å²) < 4.78 is 0. The number of nitriles is 1. The summed E-state index contributed by atoms with van der Waals surface area (Å²) >= 11 is 0. The third kappa shape index (κ3) is 4.98. The second-order valence-corrected chi connectivity index (χ2v) is 2.10. The second-order valence-electron chi connectivity index (χ2n) is 2.10. The summed E-state index contributed by atoms with van der Waals surface area (Å²) in [5.74, 6) is 0. The van der Waals surface area contributed by atoms with E-state index in [0.717, 1.165) is 5.70 Å². The average Bonchev–Trinajstić information content (AvgIpc) is 2.04. The van der Waals surface area contributed by atoms with Crippen molar-refractivity contribution in [3.05, 3.63) is 36.1 Å². The van der Waals surface area contributed by atoms with Crippen LogP contribution in [0.3, 0.4) is 0 Å². The van der Waals surface area contributed by atoms with Crippen molar-refractivity contribution in [3.63, 3.8) is 0 Å². The zero-order valence-electron chi connectivity index (χ0n) is 6.89. The Hall–Kier alpha value is -1.49. The molecule has 0 aromatic carbocycles. The smallest absolute Gasteiger partial charge is 0.0985 e. The monoisotopic (exact) mass is 148 g/mol. The van der Waals surface area contributed by atoms with Crippen LogP contribution in [0.25, 0.3) is 0 Å². The summed E-state index contributed by atoms with van der Waals surface area (Å²) in [5.41, 5.74) is 1.51. The van der Waals surface area contributed by atoms with Crippen molar-refractivity contribution in [1.29, 1.82) is 5.26 Å². The Morgan fingerprint density at radius 2 is 2.27 bits per heavy atom. The van der Waals surface area contributed by atoms with Crippen LogP contribution in [0.5, 0.6) is 0 Å². The first-order valence-electron chi connectivity index (χ1n) is 3.32. The zero-order valence-corrected chi connectivity index (χ0v) is 6.89. The number of hydrogen-bond acceptors (Lipinski definition) is 2. The van der Waals surface area contributed by atoms with Crippen molar-refractivity contribution < 1.29 is 0 Å². The first kappa shape index (κ1) is 9.51. The highest BCUT2D eigenvalue weighted by molar-refractivity contribution is 5.31. The Labute approximate surface area is 67.5 Å². The molecule has 0 bridgehead atoms. The maximum atomic E-state index is 8.32. The van der Waals surface area contributed by atoms with Gasteiger partial charge in [-0.15, -0.1) is 0 Å². The van der Waals surface area contributed by atoms with E-state index in [-0.39, 0.29) is 0 Å². The van der Waals surface area contributed by atoms with Crippen LogP contribution < -0.4 is 5.32 Å². The highest BCUT2D eigenvalue weighted by Gasteiger charge is 1.79. The lowest BCUT2D eigenvalue weighted by Crippen LogP contribution is -2.00. The lowest BCUT2D eigenvalue weighted by atomic mass is 10.3. The van der Waals surface area contributed by atoms with Gasteiger partial charge in [0, 0.05) is 18.3 Å². The van der Waals surface area contributed by atoms with Crippen LogP contribution in [-0.2, 0) is 0 Å². The molecule has 2 heteroatoms. The van der Waals surface area contributed by atoms with Crippen molar-refractivity contribution in [2.45, 2.75) is 6.92 Å². The van der Waals surface area contributed by atoms with Crippen molar-refractivity contribution in [2.75, 3.05) is 7.05 Å². The Morgan fingerprint density at radius 3 is 2.73 bits per heavy atom. The zero-order chi connectivity index (χ0) is 8.69. The Balaban J connectivity index is 3.98. The molecule has 0 aromatic heterocycles.